The van der Waals surface area contributed by atoms with E-state index in [0.717, 1.165) is 93.7 Å². The second kappa shape index (κ2) is 24.6. The highest BCUT2D eigenvalue weighted by atomic mass is 32.1. The van der Waals surface area contributed by atoms with Crippen molar-refractivity contribution >= 4 is 55.8 Å². The summed E-state index contributed by atoms with van der Waals surface area (Å²) in [5.41, 5.74) is 3.80. The maximum absolute atomic E-state index is 12.3. The Kier molecular flexibility index (Phi) is 22.9. The summed E-state index contributed by atoms with van der Waals surface area (Å²) in [5.74, 6) is -1.72. The Bertz CT molecular complexity index is 1090. The highest BCUT2D eigenvalue weighted by Gasteiger charge is 2.35. The number of rotatable bonds is 28. The van der Waals surface area contributed by atoms with Gasteiger partial charge in [-0.3, -0.25) is 14.4 Å². The zero-order valence-corrected chi connectivity index (χ0v) is 33.7. The van der Waals surface area contributed by atoms with E-state index in [1.54, 1.807) is 0 Å². The largest absolute Gasteiger partial charge is 0.493 e. The van der Waals surface area contributed by atoms with Crippen LogP contribution < -0.4 is 4.74 Å². The molecule has 282 valence electrons. The Morgan fingerprint density at radius 1 is 0.551 bits per heavy atom. The fourth-order valence-corrected chi connectivity index (χ4v) is 8.29. The standard InChI is InChI=1S/C39H66O7S3/c1-7-13-16-25(10-4)19-28-36(30(47)21-33(40)41)29(20-26(11-5)17-14-8-2)38(32(49)23-35(44)45)39(37(28)31(48)22-34(42)43)46-24-27(12-6)18-15-9-3/h25-27,30-32,47-49H,7-24H2,1-6H3,(H,40,41)(H,42,43)(H,44,45). The van der Waals surface area contributed by atoms with Crippen molar-refractivity contribution in [3.63, 3.8) is 0 Å². The van der Waals surface area contributed by atoms with Crippen LogP contribution in [0, 0.1) is 17.8 Å². The summed E-state index contributed by atoms with van der Waals surface area (Å²) in [6.45, 7) is 13.3. The van der Waals surface area contributed by atoms with Crippen LogP contribution >= 0.6 is 37.9 Å². The maximum Gasteiger partial charge on any atom is 0.304 e. The first-order chi connectivity index (χ1) is 23.3. The second-order valence-electron chi connectivity index (χ2n) is 13.8. The average molecular weight is 743 g/mol. The van der Waals surface area contributed by atoms with E-state index in [2.05, 4.69) is 41.5 Å². The van der Waals surface area contributed by atoms with E-state index in [0.29, 0.717) is 36.3 Å². The first-order valence-corrected chi connectivity index (χ1v) is 20.4. The van der Waals surface area contributed by atoms with Crippen molar-refractivity contribution in [3.05, 3.63) is 27.8 Å². The van der Waals surface area contributed by atoms with Gasteiger partial charge in [-0.05, 0) is 53.7 Å². The van der Waals surface area contributed by atoms with Gasteiger partial charge in [0, 0.05) is 26.9 Å². The number of hydrogen-bond donors (Lipinski definition) is 6. The Morgan fingerprint density at radius 2 is 0.878 bits per heavy atom. The van der Waals surface area contributed by atoms with Crippen molar-refractivity contribution in [1.82, 2.24) is 0 Å². The molecule has 0 aliphatic heterocycles. The Balaban J connectivity index is 4.53. The Morgan fingerprint density at radius 3 is 1.18 bits per heavy atom. The molecule has 6 atom stereocenters. The van der Waals surface area contributed by atoms with Crippen LogP contribution in [0.15, 0.2) is 0 Å². The van der Waals surface area contributed by atoms with Gasteiger partial charge in [0.25, 0.3) is 0 Å². The molecule has 10 heteroatoms. The van der Waals surface area contributed by atoms with Gasteiger partial charge in [0.1, 0.15) is 5.75 Å². The lowest BCUT2D eigenvalue weighted by Gasteiger charge is -2.34. The number of carbonyl (C=O) groups is 3. The molecule has 49 heavy (non-hydrogen) atoms. The molecule has 0 radical (unpaired) electrons. The molecule has 1 rings (SSSR count). The van der Waals surface area contributed by atoms with Crippen LogP contribution in [0.25, 0.3) is 0 Å². The van der Waals surface area contributed by atoms with Gasteiger partial charge in [-0.2, -0.15) is 37.9 Å². The fraction of sp³-hybridized carbons (Fsp3) is 0.769. The molecule has 0 aliphatic carbocycles. The summed E-state index contributed by atoms with van der Waals surface area (Å²) in [5, 5.41) is 27.9. The number of benzene rings is 1. The minimum atomic E-state index is -1.01. The van der Waals surface area contributed by atoms with Gasteiger partial charge in [0.05, 0.1) is 25.9 Å². The van der Waals surface area contributed by atoms with Gasteiger partial charge in [0.15, 0.2) is 0 Å². The molecule has 0 aliphatic rings. The van der Waals surface area contributed by atoms with Crippen LogP contribution in [0.3, 0.4) is 0 Å². The van der Waals surface area contributed by atoms with Crippen LogP contribution in [0.5, 0.6) is 5.75 Å². The maximum atomic E-state index is 12.3. The summed E-state index contributed by atoms with van der Waals surface area (Å²) >= 11 is 14.9. The topological polar surface area (TPSA) is 121 Å². The van der Waals surface area contributed by atoms with E-state index in [9.17, 15) is 29.7 Å². The zero-order valence-electron chi connectivity index (χ0n) is 31.0. The quantitative estimate of drug-likeness (QED) is 0.0473. The molecule has 0 aromatic heterocycles. The molecular formula is C39H66O7S3. The van der Waals surface area contributed by atoms with Gasteiger partial charge in [-0.1, -0.05) is 112 Å². The molecule has 0 spiro atoms. The number of aliphatic carboxylic acids is 3. The summed E-state index contributed by atoms with van der Waals surface area (Å²) in [4.78, 5) is 36.8. The smallest absolute Gasteiger partial charge is 0.304 e. The van der Waals surface area contributed by atoms with Gasteiger partial charge in [-0.15, -0.1) is 0 Å². The van der Waals surface area contributed by atoms with Crippen molar-refractivity contribution in [1.29, 1.82) is 0 Å². The first kappa shape index (κ1) is 45.5. The number of carboxylic acid groups (broad SMARTS) is 3. The molecule has 0 saturated heterocycles. The number of hydrogen-bond acceptors (Lipinski definition) is 7. The molecule has 6 unspecified atom stereocenters. The second-order valence-corrected chi connectivity index (χ2v) is 15.7. The van der Waals surface area contributed by atoms with E-state index in [1.807, 2.05) is 0 Å². The average Bonchev–Trinajstić information content (AvgIpc) is 3.03. The lowest BCUT2D eigenvalue weighted by Crippen LogP contribution is -2.23. The highest BCUT2D eigenvalue weighted by Crippen LogP contribution is 2.51. The van der Waals surface area contributed by atoms with Gasteiger partial charge >= 0.3 is 17.9 Å². The van der Waals surface area contributed by atoms with E-state index in [4.69, 9.17) is 42.6 Å². The number of thiol groups is 3. The predicted octanol–water partition coefficient (Wildman–Crippen LogP) is 11.1. The molecule has 1 aromatic rings. The Hall–Kier alpha value is -1.52. The van der Waals surface area contributed by atoms with Crippen molar-refractivity contribution < 1.29 is 34.4 Å². The van der Waals surface area contributed by atoms with Crippen LogP contribution in [-0.4, -0.2) is 39.8 Å². The molecule has 0 amide bonds. The summed E-state index contributed by atoms with van der Waals surface area (Å²) in [7, 11) is 0. The van der Waals surface area contributed by atoms with Crippen molar-refractivity contribution in [2.45, 2.75) is 166 Å². The highest BCUT2D eigenvalue weighted by molar-refractivity contribution is 7.81. The summed E-state index contributed by atoms with van der Waals surface area (Å²) in [6, 6.07) is 0. The van der Waals surface area contributed by atoms with Gasteiger partial charge in [-0.25, -0.2) is 0 Å². The van der Waals surface area contributed by atoms with Crippen molar-refractivity contribution in [3.8, 4) is 5.75 Å². The minimum Gasteiger partial charge on any atom is -0.493 e. The molecular weight excluding hydrogens is 677 g/mol. The van der Waals surface area contributed by atoms with Crippen LogP contribution in [0.2, 0.25) is 0 Å². The third-order valence-electron chi connectivity index (χ3n) is 9.97. The molecule has 7 nitrogen and oxygen atoms in total. The molecule has 1 aromatic carbocycles. The van der Waals surface area contributed by atoms with Crippen molar-refractivity contribution in [2.75, 3.05) is 6.61 Å². The SMILES string of the molecule is CCCCC(CC)COc1c(C(S)CC(=O)O)c(CC(CC)CCCC)c(C(S)CC(=O)O)c(CC(CC)CCCC)c1C(S)CC(=O)O. The Labute approximate surface area is 313 Å². The van der Waals surface area contributed by atoms with E-state index in [-0.39, 0.29) is 37.0 Å². The number of unbranched alkanes of at least 4 members (excludes halogenated alkanes) is 3. The van der Waals surface area contributed by atoms with Gasteiger partial charge in [0.2, 0.25) is 0 Å². The molecule has 3 N–H and O–H groups in total. The summed E-state index contributed by atoms with van der Waals surface area (Å²) < 4.78 is 6.89. The first-order valence-electron chi connectivity index (χ1n) is 18.8. The normalized spacial score (nSPS) is 15.3. The summed E-state index contributed by atoms with van der Waals surface area (Å²) in [6.07, 6.45) is 12.3. The van der Waals surface area contributed by atoms with Crippen molar-refractivity contribution in [2.24, 2.45) is 17.8 Å². The van der Waals surface area contributed by atoms with Gasteiger partial charge < -0.3 is 20.1 Å². The predicted molar refractivity (Wildman–Crippen MR) is 211 cm³/mol. The van der Waals surface area contributed by atoms with Crippen LogP contribution in [-0.2, 0) is 27.2 Å². The van der Waals surface area contributed by atoms with E-state index >= 15 is 0 Å². The minimum absolute atomic E-state index is 0.235. The van der Waals surface area contributed by atoms with Crippen LogP contribution in [0.4, 0.5) is 0 Å². The molecule has 0 bridgehead atoms. The molecule has 0 fully saturated rings. The number of carboxylic acids is 3. The molecule has 0 saturated carbocycles. The monoisotopic (exact) mass is 742 g/mol. The zero-order chi connectivity index (χ0) is 37.1. The fourth-order valence-electron chi connectivity index (χ4n) is 6.96. The lowest BCUT2D eigenvalue weighted by atomic mass is 9.77. The third-order valence-corrected chi connectivity index (χ3v) is 11.3. The third kappa shape index (κ3) is 15.3. The van der Waals surface area contributed by atoms with Crippen LogP contribution in [0.1, 0.15) is 181 Å². The molecule has 0 heterocycles. The van der Waals surface area contributed by atoms with E-state index < -0.39 is 33.7 Å². The van der Waals surface area contributed by atoms with E-state index in [1.165, 1.54) is 0 Å². The number of ether oxygens (including phenoxy) is 1. The lowest BCUT2D eigenvalue weighted by molar-refractivity contribution is -0.138.